The first-order valence-electron chi connectivity index (χ1n) is 7.13. The zero-order valence-electron chi connectivity index (χ0n) is 13.7. The summed E-state index contributed by atoms with van der Waals surface area (Å²) in [6.45, 7) is 0.563. The predicted molar refractivity (Wildman–Crippen MR) is 90.7 cm³/mol. The van der Waals surface area contributed by atoms with Crippen LogP contribution in [0.25, 0.3) is 6.08 Å². The van der Waals surface area contributed by atoms with Crippen LogP contribution in [0, 0.1) is 6.92 Å². The van der Waals surface area contributed by atoms with Crippen molar-refractivity contribution in [3.63, 3.8) is 0 Å². The Morgan fingerprint density at radius 3 is 2.40 bits per heavy atom. The Morgan fingerprint density at radius 2 is 1.80 bits per heavy atom. The van der Waals surface area contributed by atoms with Gasteiger partial charge in [0.15, 0.2) is 6.61 Å². The third-order valence-electron chi connectivity index (χ3n) is 2.78. The number of hydrogen-bond donors (Lipinski definition) is 3. The van der Waals surface area contributed by atoms with Crippen molar-refractivity contribution in [2.45, 2.75) is 6.92 Å². The van der Waals surface area contributed by atoms with Crippen molar-refractivity contribution in [3.8, 4) is 0 Å². The van der Waals surface area contributed by atoms with E-state index in [9.17, 15) is 22.8 Å². The number of carbonyl (C=O) groups is 3. The molecule has 0 bridgehead atoms. The highest BCUT2D eigenvalue weighted by atomic mass is 32.2. The number of benzene rings is 1. The van der Waals surface area contributed by atoms with E-state index in [1.807, 2.05) is 29.1 Å². The van der Waals surface area contributed by atoms with Crippen LogP contribution in [-0.2, 0) is 24.3 Å². The van der Waals surface area contributed by atoms with Gasteiger partial charge in [-0.15, -0.1) is 0 Å². The molecule has 0 aliphatic carbocycles. The fourth-order valence-electron chi connectivity index (χ4n) is 1.48. The summed E-state index contributed by atoms with van der Waals surface area (Å²) < 4.78 is 30.1. The first kappa shape index (κ1) is 20.3. The summed E-state index contributed by atoms with van der Waals surface area (Å²) in [6.07, 6.45) is 1.38. The summed E-state index contributed by atoms with van der Waals surface area (Å²) in [5.41, 5.74) is 1.73. The van der Waals surface area contributed by atoms with Crippen LogP contribution < -0.4 is 15.4 Å². The van der Waals surface area contributed by atoms with Crippen molar-refractivity contribution in [2.75, 3.05) is 20.2 Å². The molecule has 0 radical (unpaired) electrons. The number of esters is 1. The topological polar surface area (TPSA) is 131 Å². The summed E-state index contributed by atoms with van der Waals surface area (Å²) in [7, 11) is -2.53. The number of ether oxygens (including phenoxy) is 1. The average molecular weight is 369 g/mol. The number of aryl methyl sites for hydroxylation is 1. The third kappa shape index (κ3) is 8.63. The summed E-state index contributed by atoms with van der Waals surface area (Å²) >= 11 is 0. The molecule has 0 heterocycles. The van der Waals surface area contributed by atoms with Gasteiger partial charge < -0.3 is 10.1 Å². The van der Waals surface area contributed by atoms with Crippen LogP contribution in [0.3, 0.4) is 0 Å². The van der Waals surface area contributed by atoms with E-state index in [1.54, 1.807) is 12.1 Å². The highest BCUT2D eigenvalue weighted by Gasteiger charge is 2.12. The van der Waals surface area contributed by atoms with E-state index >= 15 is 0 Å². The molecule has 0 saturated heterocycles. The quantitative estimate of drug-likeness (QED) is 0.575. The zero-order valence-corrected chi connectivity index (χ0v) is 14.6. The molecule has 0 aliphatic heterocycles. The van der Waals surface area contributed by atoms with Gasteiger partial charge in [-0.2, -0.15) is 0 Å². The molecule has 25 heavy (non-hydrogen) atoms. The lowest BCUT2D eigenvalue weighted by Crippen LogP contribution is -2.40. The molecule has 0 fully saturated rings. The summed E-state index contributed by atoms with van der Waals surface area (Å²) in [5.74, 6) is -1.80. The lowest BCUT2D eigenvalue weighted by Gasteiger charge is -2.06. The molecular formula is C15H19N3O6S. The second kappa shape index (κ2) is 9.55. The van der Waals surface area contributed by atoms with E-state index in [1.165, 1.54) is 13.1 Å². The maximum atomic E-state index is 11.8. The van der Waals surface area contributed by atoms with Gasteiger partial charge in [0.2, 0.25) is 10.0 Å². The van der Waals surface area contributed by atoms with Crippen LogP contribution >= 0.6 is 0 Å². The Balaban J connectivity index is 2.42. The Labute approximate surface area is 145 Å². The molecule has 10 heteroatoms. The first-order chi connectivity index (χ1) is 11.7. The standard InChI is InChI=1S/C15H19N3O6S/c1-11-3-5-12(6-4-11)7-8-25(22,23)17-9-14(20)24-10-13(19)18-15(21)16-2/h3-8,17H,9-10H2,1-2H3,(H2,16,18,19,21)/b8-7+. The molecule has 1 rings (SSSR count). The minimum absolute atomic E-state index is 0.645. The summed E-state index contributed by atoms with van der Waals surface area (Å²) in [5, 5.41) is 4.95. The highest BCUT2D eigenvalue weighted by Crippen LogP contribution is 2.05. The third-order valence-corrected chi connectivity index (χ3v) is 3.82. The Hall–Kier alpha value is -2.72. The molecule has 1 aromatic rings. The van der Waals surface area contributed by atoms with E-state index in [4.69, 9.17) is 0 Å². The van der Waals surface area contributed by atoms with Crippen molar-refractivity contribution >= 4 is 34.0 Å². The van der Waals surface area contributed by atoms with Crippen molar-refractivity contribution in [1.29, 1.82) is 0 Å². The molecule has 1 aromatic carbocycles. The van der Waals surface area contributed by atoms with Crippen LogP contribution in [0.15, 0.2) is 29.7 Å². The van der Waals surface area contributed by atoms with E-state index in [0.29, 0.717) is 5.56 Å². The normalized spacial score (nSPS) is 11.1. The van der Waals surface area contributed by atoms with Gasteiger partial charge in [-0.3, -0.25) is 14.9 Å². The minimum Gasteiger partial charge on any atom is -0.455 e. The largest absolute Gasteiger partial charge is 0.455 e. The second-order valence-electron chi connectivity index (χ2n) is 4.87. The van der Waals surface area contributed by atoms with Crippen LogP contribution in [-0.4, -0.2) is 46.5 Å². The second-order valence-corrected chi connectivity index (χ2v) is 6.52. The van der Waals surface area contributed by atoms with Crippen molar-refractivity contribution in [3.05, 3.63) is 40.8 Å². The summed E-state index contributed by atoms with van der Waals surface area (Å²) in [6, 6.07) is 6.42. The predicted octanol–water partition coefficient (Wildman–Crippen LogP) is -0.116. The van der Waals surface area contributed by atoms with E-state index in [2.05, 4.69) is 10.1 Å². The molecule has 3 amide bonds. The van der Waals surface area contributed by atoms with Gasteiger partial charge in [0.25, 0.3) is 5.91 Å². The monoisotopic (exact) mass is 369 g/mol. The first-order valence-corrected chi connectivity index (χ1v) is 8.68. The van der Waals surface area contributed by atoms with E-state index in [0.717, 1.165) is 11.0 Å². The smallest absolute Gasteiger partial charge is 0.321 e. The number of imide groups is 1. The SMILES string of the molecule is CNC(=O)NC(=O)COC(=O)CNS(=O)(=O)/C=C/c1ccc(C)cc1. The number of sulfonamides is 1. The van der Waals surface area contributed by atoms with E-state index < -0.39 is 41.1 Å². The van der Waals surface area contributed by atoms with Crippen LogP contribution in [0.1, 0.15) is 11.1 Å². The lowest BCUT2D eigenvalue weighted by molar-refractivity contribution is -0.147. The number of urea groups is 1. The fraction of sp³-hybridized carbons (Fsp3) is 0.267. The zero-order chi connectivity index (χ0) is 18.9. The van der Waals surface area contributed by atoms with Crippen molar-refractivity contribution < 1.29 is 27.5 Å². The summed E-state index contributed by atoms with van der Waals surface area (Å²) in [4.78, 5) is 33.5. The van der Waals surface area contributed by atoms with Crippen LogP contribution in [0.5, 0.6) is 0 Å². The molecular weight excluding hydrogens is 350 g/mol. The molecule has 0 aliphatic rings. The van der Waals surface area contributed by atoms with Gasteiger partial charge in [0, 0.05) is 12.5 Å². The van der Waals surface area contributed by atoms with E-state index in [-0.39, 0.29) is 0 Å². The number of amides is 3. The van der Waals surface area contributed by atoms with Crippen LogP contribution in [0.4, 0.5) is 4.79 Å². The van der Waals surface area contributed by atoms with Gasteiger partial charge >= 0.3 is 12.0 Å². The molecule has 0 saturated carbocycles. The van der Waals surface area contributed by atoms with Crippen LogP contribution in [0.2, 0.25) is 0 Å². The fourth-order valence-corrected chi connectivity index (χ4v) is 2.23. The number of nitrogens with one attached hydrogen (secondary N) is 3. The Kier molecular flexibility index (Phi) is 7.76. The average Bonchev–Trinajstić information content (AvgIpc) is 2.57. The Bertz CT molecular complexity index is 756. The maximum absolute atomic E-state index is 11.8. The lowest BCUT2D eigenvalue weighted by atomic mass is 10.2. The maximum Gasteiger partial charge on any atom is 0.321 e. The van der Waals surface area contributed by atoms with Gasteiger partial charge in [0.05, 0.1) is 0 Å². The Morgan fingerprint density at radius 1 is 1.16 bits per heavy atom. The van der Waals surface area contributed by atoms with Gasteiger partial charge in [-0.1, -0.05) is 29.8 Å². The number of rotatable bonds is 7. The molecule has 0 atom stereocenters. The molecule has 136 valence electrons. The van der Waals surface area contributed by atoms with Gasteiger partial charge in [-0.25, -0.2) is 17.9 Å². The molecule has 0 spiro atoms. The molecule has 9 nitrogen and oxygen atoms in total. The van der Waals surface area contributed by atoms with Crippen molar-refractivity contribution in [1.82, 2.24) is 15.4 Å². The number of carbonyl (C=O) groups excluding carboxylic acids is 3. The molecule has 0 unspecified atom stereocenters. The molecule has 3 N–H and O–H groups in total. The molecule has 0 aromatic heterocycles. The van der Waals surface area contributed by atoms with Gasteiger partial charge in [0.1, 0.15) is 6.54 Å². The highest BCUT2D eigenvalue weighted by molar-refractivity contribution is 7.92. The van der Waals surface area contributed by atoms with Gasteiger partial charge in [-0.05, 0) is 18.6 Å². The number of hydrogen-bond acceptors (Lipinski definition) is 6. The van der Waals surface area contributed by atoms with Crippen molar-refractivity contribution in [2.24, 2.45) is 0 Å². The minimum atomic E-state index is -3.84.